The Morgan fingerprint density at radius 2 is 0.282 bits per heavy atom. The highest BCUT2D eigenvalue weighted by molar-refractivity contribution is 6.26. The van der Waals surface area contributed by atoms with E-state index in [9.17, 15) is 0 Å². The van der Waals surface area contributed by atoms with Crippen molar-refractivity contribution in [2.24, 2.45) is 0 Å². The maximum Gasteiger partial charge on any atom is -0.00259 e. The SMILES string of the molecule is c1ccc2cc(-c3c4ccccc4c(-c4cc(-c5c6ccccc6c(-c6ccc7ccccc7c6)c6ccccc56)cc(-c5c6ccccc6c(-c6ccc7ccccc7c6)c6ccccc56)c4)c4ccccc34)ccc2c1. The van der Waals surface area contributed by atoms with Crippen molar-refractivity contribution < 1.29 is 0 Å². The number of benzene rings is 16. The second-order valence-corrected chi connectivity index (χ2v) is 21.0. The van der Waals surface area contributed by atoms with Gasteiger partial charge in [-0.25, -0.2) is 0 Å². The maximum atomic E-state index is 2.51. The molecule has 0 amide bonds. The molecule has 0 unspecified atom stereocenters. The molecule has 16 rings (SSSR count). The monoisotopic (exact) mass is 984 g/mol. The van der Waals surface area contributed by atoms with Crippen LogP contribution in [0.25, 0.3) is 164 Å². The van der Waals surface area contributed by atoms with E-state index in [0.717, 1.165) is 0 Å². The first-order chi connectivity index (χ1) is 38.7. The molecule has 0 heterocycles. The van der Waals surface area contributed by atoms with E-state index in [1.54, 1.807) is 0 Å². The van der Waals surface area contributed by atoms with Gasteiger partial charge in [0.05, 0.1) is 0 Å². The summed E-state index contributed by atoms with van der Waals surface area (Å²) in [4.78, 5) is 0. The van der Waals surface area contributed by atoms with Crippen molar-refractivity contribution in [2.75, 3.05) is 0 Å². The van der Waals surface area contributed by atoms with Crippen LogP contribution in [-0.4, -0.2) is 0 Å². The summed E-state index contributed by atoms with van der Waals surface area (Å²) in [5.41, 5.74) is 14.7. The Morgan fingerprint density at radius 3 is 0.487 bits per heavy atom. The Labute approximate surface area is 452 Å². The number of hydrogen-bond acceptors (Lipinski definition) is 0. The molecular weight excluding hydrogens is 937 g/mol. The van der Waals surface area contributed by atoms with Crippen LogP contribution in [0.3, 0.4) is 0 Å². The average molecular weight is 985 g/mol. The third kappa shape index (κ3) is 6.94. The highest BCUT2D eigenvalue weighted by Crippen LogP contribution is 2.51. The molecule has 78 heavy (non-hydrogen) atoms. The first-order valence-electron chi connectivity index (χ1n) is 27.1. The van der Waals surface area contributed by atoms with Crippen molar-refractivity contribution in [3.8, 4) is 66.8 Å². The highest BCUT2D eigenvalue weighted by atomic mass is 14.3. The Hall–Kier alpha value is -10.1. The van der Waals surface area contributed by atoms with Crippen molar-refractivity contribution in [3.05, 3.63) is 291 Å². The third-order valence-electron chi connectivity index (χ3n) is 16.7. The summed E-state index contributed by atoms with van der Waals surface area (Å²) in [7, 11) is 0. The summed E-state index contributed by atoms with van der Waals surface area (Å²) in [6.45, 7) is 0. The van der Waals surface area contributed by atoms with Crippen LogP contribution in [0.4, 0.5) is 0 Å². The van der Waals surface area contributed by atoms with Crippen molar-refractivity contribution in [2.45, 2.75) is 0 Å². The van der Waals surface area contributed by atoms with Crippen LogP contribution in [0.2, 0.25) is 0 Å². The molecule has 0 heteroatoms. The van der Waals surface area contributed by atoms with Gasteiger partial charge in [-0.3, -0.25) is 0 Å². The van der Waals surface area contributed by atoms with Gasteiger partial charge in [0.25, 0.3) is 0 Å². The molecule has 0 saturated carbocycles. The molecule has 0 atom stereocenters. The molecule has 0 radical (unpaired) electrons. The fourth-order valence-electron chi connectivity index (χ4n) is 13.3. The van der Waals surface area contributed by atoms with E-state index in [1.807, 2.05) is 0 Å². The number of rotatable bonds is 6. The lowest BCUT2D eigenvalue weighted by atomic mass is 9.81. The lowest BCUT2D eigenvalue weighted by molar-refractivity contribution is 1.63. The van der Waals surface area contributed by atoms with E-state index in [-0.39, 0.29) is 0 Å². The molecule has 0 N–H and O–H groups in total. The molecule has 16 aromatic rings. The van der Waals surface area contributed by atoms with E-state index >= 15 is 0 Å². The van der Waals surface area contributed by atoms with E-state index in [2.05, 4.69) is 291 Å². The summed E-state index contributed by atoms with van der Waals surface area (Å²) in [6.07, 6.45) is 0. The summed E-state index contributed by atoms with van der Waals surface area (Å²) in [5.74, 6) is 0. The van der Waals surface area contributed by atoms with E-state index in [4.69, 9.17) is 0 Å². The molecule has 0 bridgehead atoms. The fraction of sp³-hybridized carbons (Fsp3) is 0. The van der Waals surface area contributed by atoms with Crippen molar-refractivity contribution in [1.82, 2.24) is 0 Å². The molecule has 0 aliphatic carbocycles. The molecule has 0 nitrogen and oxygen atoms in total. The van der Waals surface area contributed by atoms with E-state index in [0.29, 0.717) is 0 Å². The summed E-state index contributed by atoms with van der Waals surface area (Å²) < 4.78 is 0. The van der Waals surface area contributed by atoms with Crippen LogP contribution in [0.1, 0.15) is 0 Å². The third-order valence-corrected chi connectivity index (χ3v) is 16.7. The van der Waals surface area contributed by atoms with Crippen LogP contribution in [0, 0.1) is 0 Å². The Bertz CT molecular complexity index is 4450. The molecule has 0 fully saturated rings. The minimum absolute atomic E-state index is 1.18. The molecule has 0 spiro atoms. The maximum absolute atomic E-state index is 2.51. The van der Waals surface area contributed by atoms with Crippen LogP contribution >= 0.6 is 0 Å². The van der Waals surface area contributed by atoms with Gasteiger partial charge in [0.2, 0.25) is 0 Å². The van der Waals surface area contributed by atoms with Crippen molar-refractivity contribution in [3.63, 3.8) is 0 Å². The number of fused-ring (bicyclic) bond motifs is 9. The molecule has 16 aromatic carbocycles. The Morgan fingerprint density at radius 1 is 0.115 bits per heavy atom. The molecule has 0 saturated heterocycles. The second kappa shape index (κ2) is 17.7. The lowest BCUT2D eigenvalue weighted by Gasteiger charge is -2.22. The van der Waals surface area contributed by atoms with Gasteiger partial charge in [0.1, 0.15) is 0 Å². The van der Waals surface area contributed by atoms with E-state index in [1.165, 1.54) is 164 Å². The molecule has 0 aliphatic heterocycles. The summed E-state index contributed by atoms with van der Waals surface area (Å²) >= 11 is 0. The van der Waals surface area contributed by atoms with Crippen LogP contribution < -0.4 is 0 Å². The Balaban J connectivity index is 1.04. The largest absolute Gasteiger partial charge is 0.0616 e. The average Bonchev–Trinajstić information content (AvgIpc) is 3.67. The molecule has 0 aromatic heterocycles. The minimum atomic E-state index is 1.18. The first-order valence-corrected chi connectivity index (χ1v) is 27.1. The van der Waals surface area contributed by atoms with Gasteiger partial charge in [0, 0.05) is 0 Å². The normalized spacial score (nSPS) is 11.8. The predicted molar refractivity (Wildman–Crippen MR) is 337 cm³/mol. The van der Waals surface area contributed by atoms with Gasteiger partial charge in [0.15, 0.2) is 0 Å². The van der Waals surface area contributed by atoms with Gasteiger partial charge in [-0.15, -0.1) is 0 Å². The van der Waals surface area contributed by atoms with Crippen LogP contribution in [-0.2, 0) is 0 Å². The quantitative estimate of drug-likeness (QED) is 0.146. The fourth-order valence-corrected chi connectivity index (χ4v) is 13.3. The second-order valence-electron chi connectivity index (χ2n) is 21.0. The van der Waals surface area contributed by atoms with Gasteiger partial charge >= 0.3 is 0 Å². The van der Waals surface area contributed by atoms with Crippen LogP contribution in [0.5, 0.6) is 0 Å². The molecular formula is C78H48. The lowest BCUT2D eigenvalue weighted by Crippen LogP contribution is -1.95. The van der Waals surface area contributed by atoms with E-state index < -0.39 is 0 Å². The molecule has 0 aliphatic rings. The topological polar surface area (TPSA) is 0 Å². The predicted octanol–water partition coefficient (Wildman–Crippen LogP) is 22.1. The zero-order chi connectivity index (χ0) is 51.3. The molecule has 360 valence electrons. The van der Waals surface area contributed by atoms with Crippen molar-refractivity contribution in [1.29, 1.82) is 0 Å². The van der Waals surface area contributed by atoms with Crippen molar-refractivity contribution >= 4 is 97.0 Å². The van der Waals surface area contributed by atoms with Crippen LogP contribution in [0.15, 0.2) is 291 Å². The smallest absolute Gasteiger partial charge is 0.00259 e. The zero-order valence-corrected chi connectivity index (χ0v) is 42.7. The minimum Gasteiger partial charge on any atom is -0.0616 e. The highest BCUT2D eigenvalue weighted by Gasteiger charge is 2.24. The van der Waals surface area contributed by atoms with Gasteiger partial charge in [-0.2, -0.15) is 0 Å². The van der Waals surface area contributed by atoms with Gasteiger partial charge in [-0.1, -0.05) is 255 Å². The summed E-state index contributed by atoms with van der Waals surface area (Å²) in [5, 5.41) is 22.2. The standard InChI is InChI=1S/C78H48/c1-4-22-52-43-55(40-37-49(52)19-1)73-61-25-7-13-31-67(61)76(68-32-14-8-26-62(68)73)58-46-59(77-69-33-15-9-27-63(69)74(64-28-10-16-34-70(64)77)56-41-38-50-20-2-5-23-53(50)44-56)48-60(47-58)78-71-35-17-11-29-65(71)75(66-30-12-18-36-72(66)78)57-42-39-51-21-3-6-24-54(51)45-57/h1-48H. The number of hydrogen-bond donors (Lipinski definition) is 0. The Kier molecular flexibility index (Phi) is 10.0. The van der Waals surface area contributed by atoms with Gasteiger partial charge < -0.3 is 0 Å². The zero-order valence-electron chi connectivity index (χ0n) is 42.7. The summed E-state index contributed by atoms with van der Waals surface area (Å²) in [6, 6.07) is 109. The first kappa shape index (κ1) is 44.2. The van der Waals surface area contributed by atoms with Gasteiger partial charge in [-0.05, 0) is 200 Å².